The van der Waals surface area contributed by atoms with Gasteiger partial charge in [-0.15, -0.1) is 0 Å². The van der Waals surface area contributed by atoms with E-state index in [4.69, 9.17) is 4.74 Å². The molecule has 4 nitrogen and oxygen atoms in total. The molecule has 0 aliphatic heterocycles. The first kappa shape index (κ1) is 16.3. The molecule has 0 aromatic heterocycles. The van der Waals surface area contributed by atoms with E-state index in [9.17, 15) is 10.1 Å². The van der Waals surface area contributed by atoms with Crippen LogP contribution >= 0.6 is 0 Å². The van der Waals surface area contributed by atoms with Crippen molar-refractivity contribution in [3.63, 3.8) is 0 Å². The van der Waals surface area contributed by atoms with E-state index < -0.39 is 5.54 Å². The molecule has 0 unspecified atom stereocenters. The molecule has 0 heterocycles. The van der Waals surface area contributed by atoms with Crippen LogP contribution in [0.1, 0.15) is 65.2 Å². The molecular formula is C17H28N2O2. The minimum Gasteiger partial charge on any atom is -0.378 e. The molecule has 2 aliphatic rings. The van der Waals surface area contributed by atoms with Gasteiger partial charge in [-0.1, -0.05) is 13.3 Å². The summed E-state index contributed by atoms with van der Waals surface area (Å²) in [6.45, 7) is 4.96. The number of nitrogens with zero attached hydrogens (tertiary/aromatic N) is 1. The summed E-state index contributed by atoms with van der Waals surface area (Å²) in [5.41, 5.74) is -0.605. The van der Waals surface area contributed by atoms with Crippen molar-refractivity contribution in [1.82, 2.24) is 5.32 Å². The number of ether oxygens (including phenoxy) is 1. The summed E-state index contributed by atoms with van der Waals surface area (Å²) in [7, 11) is 0. The number of hydrogen-bond donors (Lipinski definition) is 1. The van der Waals surface area contributed by atoms with Crippen LogP contribution in [0.3, 0.4) is 0 Å². The minimum atomic E-state index is -0.605. The fraction of sp³-hybridized carbons (Fsp3) is 0.882. The standard InChI is InChI=1S/C17H28N2O2/c1-3-13-5-7-17(12-18,8-6-13)19-16(20)11-14-9-15(10-14)21-4-2/h13-15H,3-11H2,1-2H3,(H,19,20). The van der Waals surface area contributed by atoms with Gasteiger partial charge in [-0.05, 0) is 57.3 Å². The van der Waals surface area contributed by atoms with Gasteiger partial charge in [-0.2, -0.15) is 5.26 Å². The Morgan fingerprint density at radius 2 is 1.95 bits per heavy atom. The van der Waals surface area contributed by atoms with Gasteiger partial charge in [0, 0.05) is 13.0 Å². The van der Waals surface area contributed by atoms with Crippen LogP contribution in [0.4, 0.5) is 0 Å². The first-order valence-corrected chi connectivity index (χ1v) is 8.44. The fourth-order valence-electron chi connectivity index (χ4n) is 3.64. The van der Waals surface area contributed by atoms with E-state index >= 15 is 0 Å². The molecule has 0 aromatic rings. The molecule has 0 bridgehead atoms. The quantitative estimate of drug-likeness (QED) is 0.818. The number of carbonyl (C=O) groups excluding carboxylic acids is 1. The molecular weight excluding hydrogens is 264 g/mol. The number of amides is 1. The number of nitrogens with one attached hydrogen (secondary N) is 1. The van der Waals surface area contributed by atoms with E-state index in [2.05, 4.69) is 18.3 Å². The van der Waals surface area contributed by atoms with Gasteiger partial charge in [-0.3, -0.25) is 4.79 Å². The molecule has 1 N–H and O–H groups in total. The van der Waals surface area contributed by atoms with E-state index in [0.29, 0.717) is 18.4 Å². The average Bonchev–Trinajstić information content (AvgIpc) is 2.46. The second-order valence-corrected chi connectivity index (χ2v) is 6.71. The molecule has 1 amide bonds. The highest BCUT2D eigenvalue weighted by molar-refractivity contribution is 5.77. The molecule has 0 spiro atoms. The Morgan fingerprint density at radius 1 is 1.29 bits per heavy atom. The molecule has 0 saturated heterocycles. The summed E-state index contributed by atoms with van der Waals surface area (Å²) in [6, 6.07) is 2.37. The van der Waals surface area contributed by atoms with Crippen LogP contribution in [-0.2, 0) is 9.53 Å². The lowest BCUT2D eigenvalue weighted by molar-refractivity contribution is -0.126. The summed E-state index contributed by atoms with van der Waals surface area (Å²) in [5.74, 6) is 1.21. The van der Waals surface area contributed by atoms with E-state index in [1.165, 1.54) is 6.42 Å². The topological polar surface area (TPSA) is 62.1 Å². The van der Waals surface area contributed by atoms with Crippen molar-refractivity contribution in [2.45, 2.75) is 76.9 Å². The second kappa shape index (κ2) is 7.26. The lowest BCUT2D eigenvalue weighted by Gasteiger charge is -2.37. The molecule has 118 valence electrons. The van der Waals surface area contributed by atoms with Gasteiger partial charge >= 0.3 is 0 Å². The molecule has 2 saturated carbocycles. The van der Waals surface area contributed by atoms with Gasteiger partial charge in [0.1, 0.15) is 5.54 Å². The van der Waals surface area contributed by atoms with E-state index in [1.54, 1.807) is 0 Å². The Hall–Kier alpha value is -1.08. The Morgan fingerprint density at radius 3 is 2.48 bits per heavy atom. The Bertz CT molecular complexity index is 388. The van der Waals surface area contributed by atoms with Crippen molar-refractivity contribution in [3.8, 4) is 6.07 Å². The minimum absolute atomic E-state index is 0.0476. The van der Waals surface area contributed by atoms with E-state index in [0.717, 1.165) is 51.0 Å². The number of nitriles is 1. The first-order chi connectivity index (χ1) is 10.1. The number of carbonyl (C=O) groups is 1. The zero-order chi connectivity index (χ0) is 15.3. The lowest BCUT2D eigenvalue weighted by Crippen LogP contribution is -2.50. The van der Waals surface area contributed by atoms with Gasteiger partial charge in [0.2, 0.25) is 5.91 Å². The highest BCUT2D eigenvalue weighted by atomic mass is 16.5. The Labute approximate surface area is 128 Å². The van der Waals surface area contributed by atoms with Gasteiger partial charge in [0.25, 0.3) is 0 Å². The largest absolute Gasteiger partial charge is 0.378 e. The van der Waals surface area contributed by atoms with Crippen molar-refractivity contribution in [2.24, 2.45) is 11.8 Å². The molecule has 4 heteroatoms. The molecule has 2 aliphatic carbocycles. The van der Waals surface area contributed by atoms with Crippen molar-refractivity contribution in [3.05, 3.63) is 0 Å². The van der Waals surface area contributed by atoms with Gasteiger partial charge < -0.3 is 10.1 Å². The average molecular weight is 292 g/mol. The predicted octanol–water partition coefficient (Wildman–Crippen LogP) is 3.17. The van der Waals surface area contributed by atoms with Gasteiger partial charge in [0.15, 0.2) is 0 Å². The van der Waals surface area contributed by atoms with Gasteiger partial charge in [0.05, 0.1) is 12.2 Å². The normalized spacial score (nSPS) is 35.6. The number of rotatable bonds is 6. The monoisotopic (exact) mass is 292 g/mol. The molecule has 2 rings (SSSR count). The van der Waals surface area contributed by atoms with Crippen molar-refractivity contribution in [2.75, 3.05) is 6.61 Å². The Balaban J connectivity index is 1.75. The van der Waals surface area contributed by atoms with Crippen LogP contribution in [0.5, 0.6) is 0 Å². The molecule has 2 fully saturated rings. The zero-order valence-electron chi connectivity index (χ0n) is 13.4. The maximum Gasteiger partial charge on any atom is 0.221 e. The summed E-state index contributed by atoms with van der Waals surface area (Å²) < 4.78 is 5.52. The third-order valence-electron chi connectivity index (χ3n) is 5.20. The van der Waals surface area contributed by atoms with E-state index in [-0.39, 0.29) is 5.91 Å². The molecule has 0 atom stereocenters. The Kier molecular flexibility index (Phi) is 5.64. The fourth-order valence-corrected chi connectivity index (χ4v) is 3.64. The maximum absolute atomic E-state index is 12.2. The second-order valence-electron chi connectivity index (χ2n) is 6.71. The van der Waals surface area contributed by atoms with Crippen molar-refractivity contribution in [1.29, 1.82) is 5.26 Å². The molecule has 0 aromatic carbocycles. The van der Waals surface area contributed by atoms with Crippen LogP contribution in [0.15, 0.2) is 0 Å². The van der Waals surface area contributed by atoms with Crippen molar-refractivity contribution >= 4 is 5.91 Å². The third-order valence-corrected chi connectivity index (χ3v) is 5.20. The summed E-state index contributed by atoms with van der Waals surface area (Å²) in [6.07, 6.45) is 7.76. The lowest BCUT2D eigenvalue weighted by atomic mass is 9.75. The van der Waals surface area contributed by atoms with Crippen LogP contribution in [0.25, 0.3) is 0 Å². The van der Waals surface area contributed by atoms with Crippen LogP contribution < -0.4 is 5.32 Å². The highest BCUT2D eigenvalue weighted by Crippen LogP contribution is 2.35. The first-order valence-electron chi connectivity index (χ1n) is 8.44. The number of hydrogen-bond acceptors (Lipinski definition) is 3. The molecule has 0 radical (unpaired) electrons. The zero-order valence-corrected chi connectivity index (χ0v) is 13.4. The summed E-state index contributed by atoms with van der Waals surface area (Å²) >= 11 is 0. The molecule has 21 heavy (non-hydrogen) atoms. The SMILES string of the molecule is CCOC1CC(CC(=O)NC2(C#N)CCC(CC)CC2)C1. The smallest absolute Gasteiger partial charge is 0.221 e. The predicted molar refractivity (Wildman–Crippen MR) is 81.5 cm³/mol. The van der Waals surface area contributed by atoms with Gasteiger partial charge in [-0.25, -0.2) is 0 Å². The highest BCUT2D eigenvalue weighted by Gasteiger charge is 2.38. The summed E-state index contributed by atoms with van der Waals surface area (Å²) in [5, 5.41) is 12.5. The van der Waals surface area contributed by atoms with Crippen LogP contribution in [-0.4, -0.2) is 24.2 Å². The summed E-state index contributed by atoms with van der Waals surface area (Å²) in [4.78, 5) is 12.2. The van der Waals surface area contributed by atoms with Crippen LogP contribution in [0.2, 0.25) is 0 Å². The maximum atomic E-state index is 12.2. The van der Waals surface area contributed by atoms with E-state index in [1.807, 2.05) is 6.92 Å². The van der Waals surface area contributed by atoms with Crippen LogP contribution in [0, 0.1) is 23.2 Å². The third kappa shape index (κ3) is 4.20. The van der Waals surface area contributed by atoms with Crippen molar-refractivity contribution < 1.29 is 9.53 Å².